The molecule has 1 saturated heterocycles. The van der Waals surface area contributed by atoms with Crippen molar-refractivity contribution in [2.45, 2.75) is 19.4 Å². The van der Waals surface area contributed by atoms with Gasteiger partial charge in [-0.2, -0.15) is 0 Å². The van der Waals surface area contributed by atoms with Crippen LogP contribution in [0, 0.1) is 0 Å². The minimum Gasteiger partial charge on any atom is -0.409 e. The van der Waals surface area contributed by atoms with E-state index in [0.29, 0.717) is 6.42 Å². The molecule has 1 aliphatic rings. The molecule has 1 aromatic carbocycles. The van der Waals surface area contributed by atoms with Gasteiger partial charge in [-0.25, -0.2) is 0 Å². The predicted molar refractivity (Wildman–Crippen MR) is 82.7 cm³/mol. The molecule has 1 atom stereocenters. The molecule has 6 heteroatoms. The molecule has 1 aromatic rings. The van der Waals surface area contributed by atoms with Gasteiger partial charge in [0.1, 0.15) is 5.84 Å². The number of piperazine rings is 1. The van der Waals surface area contributed by atoms with Crippen molar-refractivity contribution in [2.24, 2.45) is 10.9 Å². The Hall–Kier alpha value is -1.46. The number of amidine groups is 1. The highest BCUT2D eigenvalue weighted by atomic mass is 35.5. The second kappa shape index (κ2) is 6.81. The van der Waals surface area contributed by atoms with E-state index in [9.17, 15) is 0 Å². The topological polar surface area (TPSA) is 65.1 Å². The third-order valence-corrected chi connectivity index (χ3v) is 4.08. The predicted octanol–water partition coefficient (Wildman–Crippen LogP) is 1.99. The quantitative estimate of drug-likeness (QED) is 0.386. The van der Waals surface area contributed by atoms with E-state index < -0.39 is 0 Å². The van der Waals surface area contributed by atoms with Crippen LogP contribution in [0.1, 0.15) is 13.3 Å². The van der Waals surface area contributed by atoms with Gasteiger partial charge in [0, 0.05) is 38.6 Å². The number of halogens is 1. The van der Waals surface area contributed by atoms with Crippen molar-refractivity contribution < 1.29 is 5.21 Å². The fourth-order valence-corrected chi connectivity index (χ4v) is 2.84. The summed E-state index contributed by atoms with van der Waals surface area (Å²) < 4.78 is 0. The van der Waals surface area contributed by atoms with Crippen molar-refractivity contribution in [1.29, 1.82) is 0 Å². The molecule has 0 spiro atoms. The minimum atomic E-state index is 0.277. The Bertz CT molecular complexity index is 472. The second-order valence-electron chi connectivity index (χ2n) is 5.12. The van der Waals surface area contributed by atoms with Crippen molar-refractivity contribution in [3.8, 4) is 0 Å². The van der Waals surface area contributed by atoms with Crippen LogP contribution >= 0.6 is 11.6 Å². The fourth-order valence-electron chi connectivity index (χ4n) is 2.58. The van der Waals surface area contributed by atoms with Crippen LogP contribution in [0.2, 0.25) is 5.02 Å². The molecular weight excluding hydrogens is 276 g/mol. The van der Waals surface area contributed by atoms with Gasteiger partial charge in [0.15, 0.2) is 0 Å². The first-order chi connectivity index (χ1) is 9.61. The molecule has 3 N–H and O–H groups in total. The maximum Gasteiger partial charge on any atom is 0.140 e. The normalized spacial score (nSPS) is 19.1. The third kappa shape index (κ3) is 3.55. The van der Waals surface area contributed by atoms with E-state index in [0.717, 1.165) is 36.9 Å². The molecule has 1 unspecified atom stereocenters. The monoisotopic (exact) mass is 296 g/mol. The summed E-state index contributed by atoms with van der Waals surface area (Å²) in [5.41, 5.74) is 6.66. The number of benzene rings is 1. The van der Waals surface area contributed by atoms with Crippen molar-refractivity contribution >= 4 is 23.1 Å². The van der Waals surface area contributed by atoms with E-state index in [4.69, 9.17) is 22.5 Å². The average Bonchev–Trinajstić information content (AvgIpc) is 2.47. The molecule has 0 amide bonds. The van der Waals surface area contributed by atoms with Gasteiger partial charge in [0.2, 0.25) is 0 Å². The summed E-state index contributed by atoms with van der Waals surface area (Å²) in [6, 6.07) is 8.21. The van der Waals surface area contributed by atoms with Crippen LogP contribution in [-0.2, 0) is 0 Å². The molecule has 20 heavy (non-hydrogen) atoms. The maximum atomic E-state index is 8.62. The van der Waals surface area contributed by atoms with E-state index in [1.807, 2.05) is 18.2 Å². The van der Waals surface area contributed by atoms with Crippen LogP contribution in [0.15, 0.2) is 29.4 Å². The highest BCUT2D eigenvalue weighted by molar-refractivity contribution is 6.33. The van der Waals surface area contributed by atoms with Gasteiger partial charge >= 0.3 is 0 Å². The largest absolute Gasteiger partial charge is 0.409 e. The number of nitrogens with zero attached hydrogens (tertiary/aromatic N) is 3. The van der Waals surface area contributed by atoms with Crippen LogP contribution in [-0.4, -0.2) is 48.2 Å². The zero-order chi connectivity index (χ0) is 14.5. The van der Waals surface area contributed by atoms with Crippen LogP contribution in [0.5, 0.6) is 0 Å². The summed E-state index contributed by atoms with van der Waals surface area (Å²) in [5.74, 6) is 0.283. The smallest absolute Gasteiger partial charge is 0.140 e. The molecule has 0 aromatic heterocycles. The number of anilines is 1. The van der Waals surface area contributed by atoms with Crippen LogP contribution in [0.4, 0.5) is 5.69 Å². The van der Waals surface area contributed by atoms with Crippen LogP contribution in [0.25, 0.3) is 0 Å². The van der Waals surface area contributed by atoms with Gasteiger partial charge in [-0.1, -0.05) is 28.9 Å². The Morgan fingerprint density at radius 1 is 1.35 bits per heavy atom. The number of hydrogen-bond donors (Lipinski definition) is 2. The lowest BCUT2D eigenvalue weighted by molar-refractivity contribution is 0.199. The fraction of sp³-hybridized carbons (Fsp3) is 0.500. The SMILES string of the molecule is CC(CC(N)=NO)N1CCN(c2ccccc2Cl)CC1. The Balaban J connectivity index is 1.91. The van der Waals surface area contributed by atoms with Gasteiger partial charge in [0.05, 0.1) is 10.7 Å². The van der Waals surface area contributed by atoms with E-state index in [1.54, 1.807) is 0 Å². The lowest BCUT2D eigenvalue weighted by Gasteiger charge is -2.39. The maximum absolute atomic E-state index is 8.62. The zero-order valence-corrected chi connectivity index (χ0v) is 12.4. The van der Waals surface area contributed by atoms with Gasteiger partial charge in [-0.05, 0) is 19.1 Å². The summed E-state index contributed by atoms with van der Waals surface area (Å²) in [6.07, 6.45) is 0.586. The Morgan fingerprint density at radius 3 is 2.60 bits per heavy atom. The van der Waals surface area contributed by atoms with Crippen molar-refractivity contribution in [3.63, 3.8) is 0 Å². The van der Waals surface area contributed by atoms with Crippen molar-refractivity contribution in [3.05, 3.63) is 29.3 Å². The summed E-state index contributed by atoms with van der Waals surface area (Å²) in [5, 5.41) is 12.5. The molecule has 0 radical (unpaired) electrons. The van der Waals surface area contributed by atoms with Gasteiger partial charge < -0.3 is 15.8 Å². The average molecular weight is 297 g/mol. The minimum absolute atomic E-state index is 0.277. The van der Waals surface area contributed by atoms with Crippen LogP contribution < -0.4 is 10.6 Å². The first-order valence-corrected chi connectivity index (χ1v) is 7.19. The molecule has 1 aliphatic heterocycles. The Morgan fingerprint density at radius 2 is 2.00 bits per heavy atom. The number of oxime groups is 1. The number of rotatable bonds is 4. The summed E-state index contributed by atoms with van der Waals surface area (Å²) in [6.45, 7) is 5.87. The standard InChI is InChI=1S/C14H21ClN4O/c1-11(10-14(16)17-20)18-6-8-19(9-7-18)13-5-3-2-4-12(13)15/h2-5,11,20H,6-10H2,1H3,(H2,16,17). The highest BCUT2D eigenvalue weighted by Crippen LogP contribution is 2.26. The van der Waals surface area contributed by atoms with Gasteiger partial charge in [-0.3, -0.25) is 4.90 Å². The summed E-state index contributed by atoms with van der Waals surface area (Å²) in [4.78, 5) is 4.65. The number of hydrogen-bond acceptors (Lipinski definition) is 4. The molecule has 1 fully saturated rings. The molecule has 0 saturated carbocycles. The van der Waals surface area contributed by atoms with Crippen LogP contribution in [0.3, 0.4) is 0 Å². The number of nitrogens with two attached hydrogens (primary N) is 1. The van der Waals surface area contributed by atoms with E-state index in [-0.39, 0.29) is 11.9 Å². The molecular formula is C14H21ClN4O. The Kier molecular flexibility index (Phi) is 5.09. The van der Waals surface area contributed by atoms with Gasteiger partial charge in [-0.15, -0.1) is 0 Å². The molecule has 110 valence electrons. The van der Waals surface area contributed by atoms with E-state index >= 15 is 0 Å². The number of para-hydroxylation sites is 1. The lowest BCUT2D eigenvalue weighted by atomic mass is 10.1. The molecule has 0 aliphatic carbocycles. The zero-order valence-electron chi connectivity index (χ0n) is 11.7. The lowest BCUT2D eigenvalue weighted by Crippen LogP contribution is -2.50. The first-order valence-electron chi connectivity index (χ1n) is 6.81. The highest BCUT2D eigenvalue weighted by Gasteiger charge is 2.22. The summed E-state index contributed by atoms with van der Waals surface area (Å²) in [7, 11) is 0. The summed E-state index contributed by atoms with van der Waals surface area (Å²) >= 11 is 6.23. The second-order valence-corrected chi connectivity index (χ2v) is 5.53. The third-order valence-electron chi connectivity index (χ3n) is 3.76. The Labute approximate surface area is 124 Å². The first kappa shape index (κ1) is 14.9. The molecule has 0 bridgehead atoms. The van der Waals surface area contributed by atoms with E-state index in [2.05, 4.69) is 27.9 Å². The molecule has 5 nitrogen and oxygen atoms in total. The molecule has 2 rings (SSSR count). The molecule has 1 heterocycles. The van der Waals surface area contributed by atoms with Gasteiger partial charge in [0.25, 0.3) is 0 Å². The van der Waals surface area contributed by atoms with Crippen molar-refractivity contribution in [2.75, 3.05) is 31.1 Å². The van der Waals surface area contributed by atoms with E-state index in [1.165, 1.54) is 0 Å². The van der Waals surface area contributed by atoms with Crippen molar-refractivity contribution in [1.82, 2.24) is 4.90 Å².